The van der Waals surface area contributed by atoms with Crippen LogP contribution in [0.15, 0.2) is 0 Å². The molecule has 0 aliphatic rings. The van der Waals surface area contributed by atoms with E-state index in [1.54, 1.807) is 0 Å². The molecule has 0 aromatic rings. The lowest BCUT2D eigenvalue weighted by atomic mass is 10.1. The van der Waals surface area contributed by atoms with Gasteiger partial charge in [0.2, 0.25) is 0 Å². The van der Waals surface area contributed by atoms with Crippen molar-refractivity contribution in [2.24, 2.45) is 0 Å². The third-order valence-corrected chi connectivity index (χ3v) is 4.01. The minimum atomic E-state index is -0.838. The summed E-state index contributed by atoms with van der Waals surface area (Å²) in [6.07, 6.45) is 11.2. The summed E-state index contributed by atoms with van der Waals surface area (Å²) in [7, 11) is 0. The summed E-state index contributed by atoms with van der Waals surface area (Å²) >= 11 is 0. The number of aliphatic hydroxyl groups excluding tert-OH is 2. The molecular formula is C19H38O5. The summed E-state index contributed by atoms with van der Waals surface area (Å²) in [5, 5.41) is 17.8. The van der Waals surface area contributed by atoms with Gasteiger partial charge in [0.25, 0.3) is 0 Å². The molecular weight excluding hydrogens is 308 g/mol. The zero-order valence-corrected chi connectivity index (χ0v) is 15.7. The van der Waals surface area contributed by atoms with Gasteiger partial charge in [0.1, 0.15) is 12.2 Å². The number of rotatable bonds is 17. The van der Waals surface area contributed by atoms with E-state index in [2.05, 4.69) is 6.92 Å². The zero-order valence-electron chi connectivity index (χ0n) is 15.7. The number of hydrogen-bond acceptors (Lipinski definition) is 5. The van der Waals surface area contributed by atoms with E-state index in [1.165, 1.54) is 44.9 Å². The van der Waals surface area contributed by atoms with Gasteiger partial charge in [0.05, 0.1) is 19.8 Å². The van der Waals surface area contributed by atoms with E-state index in [0.717, 1.165) is 12.8 Å². The Morgan fingerprint density at radius 3 is 2.17 bits per heavy atom. The van der Waals surface area contributed by atoms with Crippen LogP contribution >= 0.6 is 0 Å². The Bertz CT molecular complexity index is 283. The highest BCUT2D eigenvalue weighted by Crippen LogP contribution is 2.11. The number of ether oxygens (including phenoxy) is 2. The number of carbonyl (C=O) groups excluding carboxylic acids is 1. The lowest BCUT2D eigenvalue weighted by Crippen LogP contribution is -2.22. The first-order valence-corrected chi connectivity index (χ1v) is 9.66. The Morgan fingerprint density at radius 2 is 1.58 bits per heavy atom. The van der Waals surface area contributed by atoms with Crippen molar-refractivity contribution in [2.75, 3.05) is 19.8 Å². The number of hydrogen-bond donors (Lipinski definition) is 2. The van der Waals surface area contributed by atoms with Gasteiger partial charge in [0, 0.05) is 12.8 Å². The Kier molecular flexibility index (Phi) is 16.7. The first-order chi connectivity index (χ1) is 11.6. The predicted molar refractivity (Wildman–Crippen MR) is 95.9 cm³/mol. The number of unbranched alkanes of at least 4 members (excludes halogenated alkanes) is 8. The van der Waals surface area contributed by atoms with Gasteiger partial charge in [-0.05, 0) is 13.3 Å². The van der Waals surface area contributed by atoms with Crippen LogP contribution in [0.1, 0.15) is 84.5 Å². The second-order valence-electron chi connectivity index (χ2n) is 6.58. The molecule has 24 heavy (non-hydrogen) atoms. The van der Waals surface area contributed by atoms with Gasteiger partial charge in [-0.15, -0.1) is 0 Å². The zero-order chi connectivity index (χ0) is 18.0. The maximum atomic E-state index is 11.7. The highest BCUT2D eigenvalue weighted by atomic mass is 16.5. The van der Waals surface area contributed by atoms with Crippen LogP contribution < -0.4 is 0 Å². The average molecular weight is 347 g/mol. The smallest absolute Gasteiger partial charge is 0.306 e. The van der Waals surface area contributed by atoms with Crippen molar-refractivity contribution in [1.82, 2.24) is 0 Å². The van der Waals surface area contributed by atoms with Gasteiger partial charge < -0.3 is 19.7 Å². The van der Waals surface area contributed by atoms with Crippen LogP contribution in [0.25, 0.3) is 0 Å². The van der Waals surface area contributed by atoms with E-state index in [9.17, 15) is 4.79 Å². The highest BCUT2D eigenvalue weighted by Gasteiger charge is 2.10. The van der Waals surface area contributed by atoms with Crippen LogP contribution in [-0.2, 0) is 14.3 Å². The van der Waals surface area contributed by atoms with Gasteiger partial charge in [0.15, 0.2) is 0 Å². The molecule has 0 aliphatic carbocycles. The Balaban J connectivity index is 3.38. The number of esters is 1. The van der Waals surface area contributed by atoms with E-state index in [0.29, 0.717) is 19.4 Å². The number of carbonyl (C=O) groups is 1. The number of aliphatic hydroxyl groups is 2. The van der Waals surface area contributed by atoms with Crippen molar-refractivity contribution in [2.45, 2.75) is 96.7 Å². The molecule has 0 heterocycles. The van der Waals surface area contributed by atoms with Gasteiger partial charge >= 0.3 is 5.97 Å². The lowest BCUT2D eigenvalue weighted by Gasteiger charge is -2.14. The summed E-state index contributed by atoms with van der Waals surface area (Å²) in [5.74, 6) is -0.138. The first kappa shape index (κ1) is 23.4. The van der Waals surface area contributed by atoms with Crippen LogP contribution in [0.2, 0.25) is 0 Å². The minimum Gasteiger partial charge on any atom is -0.463 e. The van der Waals surface area contributed by atoms with Crippen LogP contribution in [0.5, 0.6) is 0 Å². The molecule has 2 atom stereocenters. The minimum absolute atomic E-state index is 0.107. The summed E-state index contributed by atoms with van der Waals surface area (Å²) in [5.41, 5.74) is 0. The van der Waals surface area contributed by atoms with Gasteiger partial charge in [-0.25, -0.2) is 0 Å². The van der Waals surface area contributed by atoms with Crippen molar-refractivity contribution >= 4 is 5.97 Å². The van der Waals surface area contributed by atoms with E-state index >= 15 is 0 Å². The van der Waals surface area contributed by atoms with E-state index in [-0.39, 0.29) is 25.3 Å². The molecule has 0 amide bonds. The van der Waals surface area contributed by atoms with Crippen molar-refractivity contribution < 1.29 is 24.5 Å². The quantitative estimate of drug-likeness (QED) is 0.311. The predicted octanol–water partition coefficient (Wildman–Crippen LogP) is 3.60. The molecule has 0 fully saturated rings. The monoisotopic (exact) mass is 346 g/mol. The lowest BCUT2D eigenvalue weighted by molar-refractivity contribution is -0.149. The normalized spacial score (nSPS) is 13.7. The maximum absolute atomic E-state index is 11.7. The Morgan fingerprint density at radius 1 is 1.00 bits per heavy atom. The molecule has 0 aromatic carbocycles. The van der Waals surface area contributed by atoms with Gasteiger partial charge in [-0.1, -0.05) is 58.3 Å². The molecule has 5 heteroatoms. The second kappa shape index (κ2) is 17.2. The SMILES string of the molecule is CCCCCCCCCCCC(=O)O[C@H](C)CCOCC(O)CO. The molecule has 2 N–H and O–H groups in total. The van der Waals surface area contributed by atoms with E-state index in [1.807, 2.05) is 6.92 Å². The van der Waals surface area contributed by atoms with E-state index < -0.39 is 6.10 Å². The highest BCUT2D eigenvalue weighted by molar-refractivity contribution is 5.69. The second-order valence-corrected chi connectivity index (χ2v) is 6.58. The molecule has 0 aliphatic heterocycles. The summed E-state index contributed by atoms with van der Waals surface area (Å²) < 4.78 is 10.5. The van der Waals surface area contributed by atoms with Crippen LogP contribution in [0.4, 0.5) is 0 Å². The van der Waals surface area contributed by atoms with Crippen LogP contribution in [-0.4, -0.2) is 48.2 Å². The summed E-state index contributed by atoms with van der Waals surface area (Å²) in [6, 6.07) is 0. The van der Waals surface area contributed by atoms with Crippen molar-refractivity contribution in [3.8, 4) is 0 Å². The molecule has 0 aromatic heterocycles. The molecule has 0 radical (unpaired) electrons. The Labute approximate surface area is 147 Å². The first-order valence-electron chi connectivity index (χ1n) is 9.66. The summed E-state index contributed by atoms with van der Waals surface area (Å²) in [4.78, 5) is 11.7. The molecule has 0 rings (SSSR count). The van der Waals surface area contributed by atoms with Gasteiger partial charge in [-0.3, -0.25) is 4.79 Å². The topological polar surface area (TPSA) is 76.0 Å². The van der Waals surface area contributed by atoms with Crippen LogP contribution in [0, 0.1) is 0 Å². The Hall–Kier alpha value is -0.650. The largest absolute Gasteiger partial charge is 0.463 e. The fraction of sp³-hybridized carbons (Fsp3) is 0.947. The fourth-order valence-corrected chi connectivity index (χ4v) is 2.44. The van der Waals surface area contributed by atoms with Crippen molar-refractivity contribution in [3.05, 3.63) is 0 Å². The third kappa shape index (κ3) is 16.2. The van der Waals surface area contributed by atoms with E-state index in [4.69, 9.17) is 19.7 Å². The fourth-order valence-electron chi connectivity index (χ4n) is 2.44. The van der Waals surface area contributed by atoms with Crippen molar-refractivity contribution in [1.29, 1.82) is 0 Å². The molecule has 0 saturated heterocycles. The van der Waals surface area contributed by atoms with Gasteiger partial charge in [-0.2, -0.15) is 0 Å². The molecule has 0 bridgehead atoms. The summed E-state index contributed by atoms with van der Waals surface area (Å²) in [6.45, 7) is 4.29. The van der Waals surface area contributed by atoms with Crippen LogP contribution in [0.3, 0.4) is 0 Å². The molecule has 1 unspecified atom stereocenters. The molecule has 144 valence electrons. The molecule has 0 saturated carbocycles. The standard InChI is InChI=1S/C19H38O5/c1-3-4-5-6-7-8-9-10-11-12-19(22)24-17(2)13-14-23-16-18(21)15-20/h17-18,20-21H,3-16H2,1-2H3/t17-,18?/m1/s1. The third-order valence-electron chi connectivity index (χ3n) is 4.01. The van der Waals surface area contributed by atoms with Crippen molar-refractivity contribution in [3.63, 3.8) is 0 Å². The molecule has 0 spiro atoms. The molecule has 5 nitrogen and oxygen atoms in total. The average Bonchev–Trinajstić information content (AvgIpc) is 2.57. The maximum Gasteiger partial charge on any atom is 0.306 e.